The Labute approximate surface area is 146 Å². The Bertz CT molecular complexity index is 737. The molecule has 1 unspecified atom stereocenters. The van der Waals surface area contributed by atoms with E-state index in [1.807, 2.05) is 0 Å². The number of hydrogen-bond acceptors (Lipinski definition) is 3. The van der Waals surface area contributed by atoms with E-state index in [1.54, 1.807) is 0 Å². The van der Waals surface area contributed by atoms with Crippen LogP contribution in [0, 0.1) is 17.7 Å². The fourth-order valence-electron chi connectivity index (χ4n) is 2.87. The number of carbonyl (C=O) groups is 1. The Morgan fingerprint density at radius 2 is 2.08 bits per heavy atom. The van der Waals surface area contributed by atoms with E-state index in [1.165, 1.54) is 10.4 Å². The molecule has 0 radical (unpaired) electrons. The fourth-order valence-corrected chi connectivity index (χ4v) is 4.67. The highest BCUT2D eigenvalue weighted by Gasteiger charge is 2.34. The van der Waals surface area contributed by atoms with Gasteiger partial charge in [0.1, 0.15) is 5.82 Å². The normalized spacial score (nSPS) is 22.3. The lowest BCUT2D eigenvalue weighted by Gasteiger charge is -2.31. The molecule has 8 heteroatoms. The SMILES string of the molecule is O=C(NCC1CC1)C1CCCN(S(=O)(=O)c2ccc(F)c(Cl)c2)C1. The predicted octanol–water partition coefficient (Wildman–Crippen LogP) is 2.41. The van der Waals surface area contributed by atoms with Crippen LogP contribution >= 0.6 is 11.6 Å². The third-order valence-electron chi connectivity index (χ3n) is 4.55. The molecule has 1 saturated carbocycles. The van der Waals surface area contributed by atoms with E-state index in [2.05, 4.69) is 5.32 Å². The van der Waals surface area contributed by atoms with Crippen molar-refractivity contribution < 1.29 is 17.6 Å². The Morgan fingerprint density at radius 3 is 2.75 bits per heavy atom. The molecule has 0 aromatic heterocycles. The van der Waals surface area contributed by atoms with Crippen LogP contribution in [0.3, 0.4) is 0 Å². The molecule has 1 N–H and O–H groups in total. The van der Waals surface area contributed by atoms with E-state index in [4.69, 9.17) is 11.6 Å². The van der Waals surface area contributed by atoms with Gasteiger partial charge in [0.25, 0.3) is 0 Å². The summed E-state index contributed by atoms with van der Waals surface area (Å²) in [5, 5.41) is 2.68. The summed E-state index contributed by atoms with van der Waals surface area (Å²) in [6, 6.07) is 3.36. The van der Waals surface area contributed by atoms with Crippen molar-refractivity contribution in [3.63, 3.8) is 0 Å². The molecule has 1 aromatic carbocycles. The molecule has 1 aliphatic heterocycles. The van der Waals surface area contributed by atoms with E-state index >= 15 is 0 Å². The first-order chi connectivity index (χ1) is 11.4. The molecule has 0 bridgehead atoms. The quantitative estimate of drug-likeness (QED) is 0.860. The molecule has 2 aliphatic rings. The maximum absolute atomic E-state index is 13.3. The Morgan fingerprint density at radius 1 is 1.33 bits per heavy atom. The van der Waals surface area contributed by atoms with Crippen molar-refractivity contribution in [3.05, 3.63) is 29.0 Å². The number of hydrogen-bond donors (Lipinski definition) is 1. The Balaban J connectivity index is 1.70. The minimum Gasteiger partial charge on any atom is -0.356 e. The van der Waals surface area contributed by atoms with Crippen LogP contribution in [0.1, 0.15) is 25.7 Å². The fraction of sp³-hybridized carbons (Fsp3) is 0.562. The summed E-state index contributed by atoms with van der Waals surface area (Å²) in [4.78, 5) is 12.2. The predicted molar refractivity (Wildman–Crippen MR) is 88.6 cm³/mol. The van der Waals surface area contributed by atoms with Gasteiger partial charge >= 0.3 is 0 Å². The van der Waals surface area contributed by atoms with Gasteiger partial charge in [-0.15, -0.1) is 0 Å². The molecule has 132 valence electrons. The van der Waals surface area contributed by atoms with Crippen molar-refractivity contribution in [2.45, 2.75) is 30.6 Å². The molecule has 1 saturated heterocycles. The molecule has 1 heterocycles. The summed E-state index contributed by atoms with van der Waals surface area (Å²) in [5.74, 6) is -0.507. The monoisotopic (exact) mass is 374 g/mol. The number of amides is 1. The van der Waals surface area contributed by atoms with Crippen LogP contribution in [0.15, 0.2) is 23.1 Å². The average molecular weight is 375 g/mol. The van der Waals surface area contributed by atoms with Crippen LogP contribution in [0.5, 0.6) is 0 Å². The molecule has 24 heavy (non-hydrogen) atoms. The van der Waals surface area contributed by atoms with E-state index in [0.717, 1.165) is 25.0 Å². The summed E-state index contributed by atoms with van der Waals surface area (Å²) in [6.07, 6.45) is 3.59. The van der Waals surface area contributed by atoms with Crippen LogP contribution < -0.4 is 5.32 Å². The van der Waals surface area contributed by atoms with Crippen molar-refractivity contribution >= 4 is 27.5 Å². The van der Waals surface area contributed by atoms with E-state index in [9.17, 15) is 17.6 Å². The number of rotatable bonds is 5. The number of carbonyl (C=O) groups excluding carboxylic acids is 1. The van der Waals surface area contributed by atoms with Gasteiger partial charge in [-0.25, -0.2) is 12.8 Å². The van der Waals surface area contributed by atoms with Gasteiger partial charge < -0.3 is 5.32 Å². The Hall–Kier alpha value is -1.18. The maximum Gasteiger partial charge on any atom is 0.243 e. The highest BCUT2D eigenvalue weighted by molar-refractivity contribution is 7.89. The summed E-state index contributed by atoms with van der Waals surface area (Å²) < 4.78 is 40.0. The highest BCUT2D eigenvalue weighted by Crippen LogP contribution is 2.29. The molecule has 0 spiro atoms. The van der Waals surface area contributed by atoms with Crippen molar-refractivity contribution in [1.29, 1.82) is 0 Å². The maximum atomic E-state index is 13.3. The van der Waals surface area contributed by atoms with E-state index in [-0.39, 0.29) is 28.3 Å². The lowest BCUT2D eigenvalue weighted by molar-refractivity contribution is -0.126. The second-order valence-corrected chi connectivity index (χ2v) is 8.81. The smallest absolute Gasteiger partial charge is 0.243 e. The number of sulfonamides is 1. The van der Waals surface area contributed by atoms with Crippen LogP contribution in [0.2, 0.25) is 5.02 Å². The molecule has 1 amide bonds. The minimum atomic E-state index is -3.78. The third kappa shape index (κ3) is 3.90. The van der Waals surface area contributed by atoms with Crippen LogP contribution in [-0.4, -0.2) is 38.3 Å². The summed E-state index contributed by atoms with van der Waals surface area (Å²) >= 11 is 5.69. The number of halogens is 2. The van der Waals surface area contributed by atoms with E-state index in [0.29, 0.717) is 31.8 Å². The summed E-state index contributed by atoms with van der Waals surface area (Å²) in [6.45, 7) is 1.17. The zero-order chi connectivity index (χ0) is 17.3. The van der Waals surface area contributed by atoms with Gasteiger partial charge in [0.2, 0.25) is 15.9 Å². The zero-order valence-corrected chi connectivity index (χ0v) is 14.7. The van der Waals surface area contributed by atoms with Gasteiger partial charge in [-0.2, -0.15) is 4.31 Å². The standard InChI is InChI=1S/C16H20ClFN2O3S/c17-14-8-13(5-6-15(14)18)24(22,23)20-7-1-2-12(10-20)16(21)19-9-11-3-4-11/h5-6,8,11-12H,1-4,7,9-10H2,(H,19,21). The first kappa shape index (κ1) is 17.6. The topological polar surface area (TPSA) is 66.5 Å². The minimum absolute atomic E-state index is 0.0482. The molecule has 3 rings (SSSR count). The number of nitrogens with one attached hydrogen (secondary N) is 1. The number of piperidine rings is 1. The second-order valence-electron chi connectivity index (χ2n) is 6.47. The molecular formula is C16H20ClFN2O3S. The lowest BCUT2D eigenvalue weighted by Crippen LogP contribution is -2.45. The van der Waals surface area contributed by atoms with Crippen molar-refractivity contribution in [2.75, 3.05) is 19.6 Å². The molecular weight excluding hydrogens is 355 g/mol. The summed E-state index contributed by atoms with van der Waals surface area (Å²) in [5.41, 5.74) is 0. The van der Waals surface area contributed by atoms with Crippen molar-refractivity contribution in [3.8, 4) is 0 Å². The Kier molecular flexibility index (Phi) is 5.13. The van der Waals surface area contributed by atoms with Crippen LogP contribution in [-0.2, 0) is 14.8 Å². The molecule has 1 atom stereocenters. The van der Waals surface area contributed by atoms with Crippen molar-refractivity contribution in [2.24, 2.45) is 11.8 Å². The lowest BCUT2D eigenvalue weighted by atomic mass is 9.99. The van der Waals surface area contributed by atoms with Gasteiger partial charge in [-0.3, -0.25) is 4.79 Å². The van der Waals surface area contributed by atoms with E-state index < -0.39 is 15.8 Å². The van der Waals surface area contributed by atoms with Crippen LogP contribution in [0.25, 0.3) is 0 Å². The van der Waals surface area contributed by atoms with Gasteiger partial charge in [0.05, 0.1) is 15.8 Å². The second kappa shape index (κ2) is 6.98. The average Bonchev–Trinajstić information content (AvgIpc) is 3.39. The van der Waals surface area contributed by atoms with Gasteiger partial charge in [-0.1, -0.05) is 11.6 Å². The highest BCUT2D eigenvalue weighted by atomic mass is 35.5. The number of nitrogens with zero attached hydrogens (tertiary/aromatic N) is 1. The first-order valence-electron chi connectivity index (χ1n) is 8.11. The third-order valence-corrected chi connectivity index (χ3v) is 6.70. The van der Waals surface area contributed by atoms with Gasteiger partial charge in [0.15, 0.2) is 0 Å². The molecule has 5 nitrogen and oxygen atoms in total. The number of benzene rings is 1. The van der Waals surface area contributed by atoms with Gasteiger partial charge in [-0.05, 0) is 49.8 Å². The molecule has 1 aromatic rings. The van der Waals surface area contributed by atoms with Gasteiger partial charge in [0, 0.05) is 19.6 Å². The molecule has 1 aliphatic carbocycles. The van der Waals surface area contributed by atoms with Crippen LogP contribution in [0.4, 0.5) is 4.39 Å². The van der Waals surface area contributed by atoms with Crippen molar-refractivity contribution in [1.82, 2.24) is 9.62 Å². The first-order valence-corrected chi connectivity index (χ1v) is 9.92. The zero-order valence-electron chi connectivity index (χ0n) is 13.2. The summed E-state index contributed by atoms with van der Waals surface area (Å²) in [7, 11) is -3.78. The molecule has 2 fully saturated rings. The largest absolute Gasteiger partial charge is 0.356 e.